The number of ether oxygens (including phenoxy) is 1. The smallest absolute Gasteiger partial charge is 0.348 e. The molecule has 0 unspecified atom stereocenters. The van der Waals surface area contributed by atoms with Crippen LogP contribution in [0, 0.1) is 11.8 Å². The maximum atomic E-state index is 12.1. The average Bonchev–Trinajstić information content (AvgIpc) is 3.21. The Morgan fingerprint density at radius 3 is 2.66 bits per heavy atom. The van der Waals surface area contributed by atoms with Gasteiger partial charge in [0.05, 0.1) is 25.4 Å². The molecular formula is C19H30N6O4. The summed E-state index contributed by atoms with van der Waals surface area (Å²) >= 11 is 0. The molecule has 2 aromatic heterocycles. The highest BCUT2D eigenvalue weighted by Gasteiger charge is 2.35. The van der Waals surface area contributed by atoms with Crippen LogP contribution < -0.4 is 5.69 Å². The molecule has 0 amide bonds. The lowest BCUT2D eigenvalue weighted by molar-refractivity contribution is -0.0432. The van der Waals surface area contributed by atoms with Crippen molar-refractivity contribution in [3.8, 4) is 0 Å². The van der Waals surface area contributed by atoms with Crippen LogP contribution in [0.15, 0.2) is 16.1 Å². The van der Waals surface area contributed by atoms with Gasteiger partial charge in [-0.05, 0) is 11.8 Å². The van der Waals surface area contributed by atoms with Crippen LogP contribution >= 0.6 is 0 Å². The van der Waals surface area contributed by atoms with Gasteiger partial charge in [-0.1, -0.05) is 27.7 Å². The number of hydrogen-bond acceptors (Lipinski definition) is 7. The summed E-state index contributed by atoms with van der Waals surface area (Å²) in [6.07, 6.45) is 1.51. The Kier molecular flexibility index (Phi) is 6.66. The zero-order chi connectivity index (χ0) is 21.1. The van der Waals surface area contributed by atoms with Crippen molar-refractivity contribution < 1.29 is 14.9 Å². The van der Waals surface area contributed by atoms with Gasteiger partial charge in [0, 0.05) is 19.5 Å². The minimum Gasteiger partial charge on any atom is -0.394 e. The second-order valence-electron chi connectivity index (χ2n) is 8.32. The van der Waals surface area contributed by atoms with Gasteiger partial charge in [0.2, 0.25) is 0 Å². The topological polar surface area (TPSA) is 129 Å². The molecule has 1 saturated heterocycles. The molecule has 29 heavy (non-hydrogen) atoms. The molecule has 3 N–H and O–H groups in total. The lowest BCUT2D eigenvalue weighted by atomic mass is 10.1. The van der Waals surface area contributed by atoms with E-state index in [4.69, 9.17) is 4.74 Å². The SMILES string of the molecule is CC(C)CN(C=Nc1[nH]c(=O)nc2c1ncn2[C@H]1C[C@H](O)[C@@H](CO)O1)CC(C)C. The van der Waals surface area contributed by atoms with E-state index in [-0.39, 0.29) is 13.0 Å². The Hall–Kier alpha value is -2.30. The summed E-state index contributed by atoms with van der Waals surface area (Å²) in [5.74, 6) is 1.27. The summed E-state index contributed by atoms with van der Waals surface area (Å²) in [6, 6.07) is 0. The van der Waals surface area contributed by atoms with E-state index in [1.165, 1.54) is 6.33 Å². The van der Waals surface area contributed by atoms with Crippen LogP contribution in [0.3, 0.4) is 0 Å². The predicted octanol–water partition coefficient (Wildman–Crippen LogP) is 1.03. The zero-order valence-electron chi connectivity index (χ0n) is 17.3. The van der Waals surface area contributed by atoms with Gasteiger partial charge in [0.25, 0.3) is 0 Å². The minimum atomic E-state index is -0.789. The molecule has 2 aromatic rings. The number of rotatable bonds is 8. The molecule has 0 aliphatic carbocycles. The summed E-state index contributed by atoms with van der Waals surface area (Å²) in [5, 5.41) is 19.3. The van der Waals surface area contributed by atoms with Gasteiger partial charge in [-0.25, -0.2) is 14.8 Å². The summed E-state index contributed by atoms with van der Waals surface area (Å²) < 4.78 is 7.26. The summed E-state index contributed by atoms with van der Waals surface area (Å²) in [6.45, 7) is 10.00. The number of fused-ring (bicyclic) bond motifs is 1. The van der Waals surface area contributed by atoms with E-state index in [0.29, 0.717) is 28.8 Å². The van der Waals surface area contributed by atoms with Gasteiger partial charge in [0.1, 0.15) is 12.3 Å². The molecule has 160 valence electrons. The average molecular weight is 406 g/mol. The summed E-state index contributed by atoms with van der Waals surface area (Å²) in [7, 11) is 0. The predicted molar refractivity (Wildman–Crippen MR) is 109 cm³/mol. The highest BCUT2D eigenvalue weighted by molar-refractivity contribution is 5.82. The van der Waals surface area contributed by atoms with E-state index in [0.717, 1.165) is 13.1 Å². The van der Waals surface area contributed by atoms with Crippen LogP contribution in [0.2, 0.25) is 0 Å². The van der Waals surface area contributed by atoms with Gasteiger partial charge in [0.15, 0.2) is 17.0 Å². The molecule has 0 spiro atoms. The van der Waals surface area contributed by atoms with Crippen molar-refractivity contribution >= 4 is 23.3 Å². The molecule has 0 bridgehead atoms. The quantitative estimate of drug-likeness (QED) is 0.441. The van der Waals surface area contributed by atoms with E-state index in [9.17, 15) is 15.0 Å². The Bertz CT molecular complexity index is 896. The maximum absolute atomic E-state index is 12.1. The number of hydrogen-bond donors (Lipinski definition) is 3. The second kappa shape index (κ2) is 9.02. The van der Waals surface area contributed by atoms with Crippen LogP contribution in [-0.2, 0) is 4.74 Å². The van der Waals surface area contributed by atoms with Gasteiger partial charge in [-0.15, -0.1) is 0 Å². The molecule has 1 aliphatic rings. The van der Waals surface area contributed by atoms with Crippen molar-refractivity contribution in [2.75, 3.05) is 19.7 Å². The monoisotopic (exact) mass is 406 g/mol. The van der Waals surface area contributed by atoms with Crippen LogP contribution in [0.25, 0.3) is 11.2 Å². The first-order valence-electron chi connectivity index (χ1n) is 9.98. The van der Waals surface area contributed by atoms with E-state index in [2.05, 4.69) is 52.5 Å². The third-order valence-electron chi connectivity index (χ3n) is 4.67. The van der Waals surface area contributed by atoms with Crippen LogP contribution in [0.4, 0.5) is 5.82 Å². The Labute approximate surface area is 169 Å². The highest BCUT2D eigenvalue weighted by atomic mass is 16.5. The Balaban J connectivity index is 1.91. The highest BCUT2D eigenvalue weighted by Crippen LogP contribution is 2.31. The van der Waals surface area contributed by atoms with Gasteiger partial charge < -0.3 is 19.8 Å². The van der Waals surface area contributed by atoms with Crippen molar-refractivity contribution in [2.45, 2.75) is 52.6 Å². The number of aliphatic hydroxyl groups excluding tert-OH is 2. The van der Waals surface area contributed by atoms with Crippen molar-refractivity contribution in [3.63, 3.8) is 0 Å². The fourth-order valence-corrected chi connectivity index (χ4v) is 3.52. The van der Waals surface area contributed by atoms with Gasteiger partial charge in [-0.3, -0.25) is 9.55 Å². The number of aliphatic imine (C=N–C) groups is 1. The van der Waals surface area contributed by atoms with E-state index >= 15 is 0 Å². The van der Waals surface area contributed by atoms with Crippen LogP contribution in [-0.4, -0.2) is 72.9 Å². The number of aromatic nitrogens is 4. The second-order valence-corrected chi connectivity index (χ2v) is 8.32. The molecular weight excluding hydrogens is 376 g/mol. The molecule has 3 rings (SSSR count). The van der Waals surface area contributed by atoms with Crippen LogP contribution in [0.5, 0.6) is 0 Å². The minimum absolute atomic E-state index is 0.278. The summed E-state index contributed by atoms with van der Waals surface area (Å²) in [4.78, 5) is 29.8. The fraction of sp³-hybridized carbons (Fsp3) is 0.684. The fourth-order valence-electron chi connectivity index (χ4n) is 3.52. The lowest BCUT2D eigenvalue weighted by Crippen LogP contribution is -2.30. The molecule has 10 nitrogen and oxygen atoms in total. The van der Waals surface area contributed by atoms with Gasteiger partial charge >= 0.3 is 5.69 Å². The first kappa shape index (κ1) is 21.4. The molecule has 3 atom stereocenters. The lowest BCUT2D eigenvalue weighted by Gasteiger charge is -2.23. The number of nitrogens with zero attached hydrogens (tertiary/aromatic N) is 5. The first-order valence-corrected chi connectivity index (χ1v) is 9.98. The molecule has 0 saturated carbocycles. The molecule has 10 heteroatoms. The van der Waals surface area contributed by atoms with E-state index in [1.54, 1.807) is 10.9 Å². The summed E-state index contributed by atoms with van der Waals surface area (Å²) in [5.41, 5.74) is 0.235. The molecule has 0 aromatic carbocycles. The Morgan fingerprint density at radius 2 is 2.07 bits per heavy atom. The molecule has 1 fully saturated rings. The van der Waals surface area contributed by atoms with Crippen molar-refractivity contribution in [3.05, 3.63) is 16.8 Å². The first-order chi connectivity index (χ1) is 13.8. The maximum Gasteiger partial charge on any atom is 0.348 e. The number of aliphatic hydroxyl groups is 2. The number of aromatic amines is 1. The molecule has 0 radical (unpaired) electrons. The van der Waals surface area contributed by atoms with Crippen molar-refractivity contribution in [1.82, 2.24) is 24.4 Å². The van der Waals surface area contributed by atoms with Gasteiger partial charge in [-0.2, -0.15) is 4.98 Å². The van der Waals surface area contributed by atoms with Crippen molar-refractivity contribution in [2.24, 2.45) is 16.8 Å². The largest absolute Gasteiger partial charge is 0.394 e. The molecule has 1 aliphatic heterocycles. The third-order valence-corrected chi connectivity index (χ3v) is 4.67. The molecule has 3 heterocycles. The number of nitrogens with one attached hydrogen (secondary N) is 1. The standard InChI is InChI=1S/C19H30N6O4/c1-11(2)6-24(7-12(3)4)9-21-17-16-18(23-19(28)22-17)25(10-20-16)15-5-13(27)14(8-26)29-15/h9-15,26-27H,5-8H2,1-4H3,(H,22,23,28)/t13-,14+,15+/m0/s1. The van der Waals surface area contributed by atoms with Crippen LogP contribution in [0.1, 0.15) is 40.3 Å². The number of imidazole rings is 1. The third kappa shape index (κ3) is 5.01. The number of H-pyrrole nitrogens is 1. The van der Waals surface area contributed by atoms with E-state index in [1.807, 2.05) is 0 Å². The zero-order valence-corrected chi connectivity index (χ0v) is 17.3. The Morgan fingerprint density at radius 1 is 1.38 bits per heavy atom. The normalized spacial score (nSPS) is 22.6. The van der Waals surface area contributed by atoms with E-state index < -0.39 is 24.1 Å². The van der Waals surface area contributed by atoms with Crippen molar-refractivity contribution in [1.29, 1.82) is 0 Å².